The van der Waals surface area contributed by atoms with E-state index in [4.69, 9.17) is 19.4 Å². The van der Waals surface area contributed by atoms with Crippen LogP contribution in [0.5, 0.6) is 0 Å². The van der Waals surface area contributed by atoms with Gasteiger partial charge in [0, 0.05) is 72.7 Å². The van der Waals surface area contributed by atoms with Crippen LogP contribution in [0.3, 0.4) is 0 Å². The number of ether oxygens (including phenoxy) is 2. The molecule has 0 saturated carbocycles. The molecule has 7 rings (SSSR count). The lowest BCUT2D eigenvalue weighted by molar-refractivity contribution is -0.155. The van der Waals surface area contributed by atoms with Crippen LogP contribution in [0.15, 0.2) is 41.9 Å². The fraction of sp³-hybridized carbons (Fsp3) is 0.545. The highest BCUT2D eigenvalue weighted by atomic mass is 32.1. The Hall–Kier alpha value is -4.90. The number of benzene rings is 1. The van der Waals surface area contributed by atoms with E-state index in [-0.39, 0.29) is 44.2 Å². The van der Waals surface area contributed by atoms with Crippen LogP contribution in [0.2, 0.25) is 0 Å². The summed E-state index contributed by atoms with van der Waals surface area (Å²) in [6.45, 7) is 13.6. The molecule has 16 heteroatoms. The third kappa shape index (κ3) is 8.65. The lowest BCUT2D eigenvalue weighted by atomic mass is 9.84. The molecule has 3 N–H and O–H groups in total. The SMILES string of the molecule is CCn1c(-c2cccnc2[C@H](C)OC)c2c3cc(ccc31)-c1csc(n1)C[C@H](NC(=O)[C@H](C(C)C)N(C)C(=O)N1CC(O)C1)C(=O)N1CCC[C@H](N1)C(=O)OCC(C)(C)C2. The monoisotopic (exact) mass is 842 g/mol. The van der Waals surface area contributed by atoms with Crippen LogP contribution in [0.1, 0.15) is 76.8 Å². The van der Waals surface area contributed by atoms with Crippen LogP contribution >= 0.6 is 11.3 Å². The predicted molar refractivity (Wildman–Crippen MR) is 229 cm³/mol. The average Bonchev–Trinajstić information content (AvgIpc) is 3.81. The van der Waals surface area contributed by atoms with Crippen molar-refractivity contribution < 1.29 is 33.8 Å². The second kappa shape index (κ2) is 17.6. The molecule has 2 fully saturated rings. The summed E-state index contributed by atoms with van der Waals surface area (Å²) < 4.78 is 14.2. The summed E-state index contributed by atoms with van der Waals surface area (Å²) >= 11 is 1.41. The zero-order chi connectivity index (χ0) is 43.0. The molecule has 0 spiro atoms. The van der Waals surface area contributed by atoms with Crippen molar-refractivity contribution in [2.45, 2.75) is 104 Å². The fourth-order valence-electron chi connectivity index (χ4n) is 8.70. The van der Waals surface area contributed by atoms with Gasteiger partial charge in [0.1, 0.15) is 18.1 Å². The number of carbonyl (C=O) groups excluding carboxylic acids is 4. The number of cyclic esters (lactones) is 1. The van der Waals surface area contributed by atoms with Gasteiger partial charge in [-0.3, -0.25) is 24.4 Å². The number of esters is 1. The van der Waals surface area contributed by atoms with E-state index in [2.05, 4.69) is 60.3 Å². The molecule has 6 heterocycles. The molecule has 3 aliphatic rings. The zero-order valence-corrected chi connectivity index (χ0v) is 36.7. The number of thiazole rings is 1. The highest BCUT2D eigenvalue weighted by Gasteiger charge is 2.40. The number of methoxy groups -OCH3 is 1. The number of nitrogens with zero attached hydrogens (tertiary/aromatic N) is 6. The summed E-state index contributed by atoms with van der Waals surface area (Å²) in [6.07, 6.45) is 2.64. The molecule has 0 unspecified atom stereocenters. The molecule has 2 saturated heterocycles. The quantitative estimate of drug-likeness (QED) is 0.206. The highest BCUT2D eigenvalue weighted by Crippen LogP contribution is 2.42. The molecule has 3 aliphatic heterocycles. The summed E-state index contributed by atoms with van der Waals surface area (Å²) in [6, 6.07) is 7.29. The summed E-state index contributed by atoms with van der Waals surface area (Å²) in [4.78, 5) is 68.4. The van der Waals surface area contributed by atoms with Crippen LogP contribution in [0.4, 0.5) is 4.79 Å². The van der Waals surface area contributed by atoms with E-state index in [0.29, 0.717) is 37.4 Å². The molecule has 0 radical (unpaired) electrons. The van der Waals surface area contributed by atoms with Crippen LogP contribution < -0.4 is 10.7 Å². The zero-order valence-electron chi connectivity index (χ0n) is 35.9. The number of fused-ring (bicyclic) bond motifs is 6. The molecule has 0 aliphatic carbocycles. The number of nitrogens with one attached hydrogen (secondary N) is 2. The number of hydrogen-bond donors (Lipinski definition) is 3. The predicted octanol–water partition coefficient (Wildman–Crippen LogP) is 4.96. The van der Waals surface area contributed by atoms with Gasteiger partial charge in [-0.25, -0.2) is 15.2 Å². The smallest absolute Gasteiger partial charge is 0.324 e. The normalized spacial score (nSPS) is 21.0. The maximum atomic E-state index is 14.5. The number of likely N-dealkylation sites (N-methyl/N-ethyl adjacent to an activating group) is 1. The van der Waals surface area contributed by atoms with E-state index in [1.54, 1.807) is 20.4 Å². The summed E-state index contributed by atoms with van der Waals surface area (Å²) in [5.41, 5.74) is 9.28. The molecule has 4 aromatic rings. The van der Waals surface area contributed by atoms with Gasteiger partial charge in [0.2, 0.25) is 5.91 Å². The summed E-state index contributed by atoms with van der Waals surface area (Å²) in [5, 5.41) is 17.9. The van der Waals surface area contributed by atoms with Gasteiger partial charge in [-0.05, 0) is 68.9 Å². The first-order valence-electron chi connectivity index (χ1n) is 20.9. The van der Waals surface area contributed by atoms with Gasteiger partial charge in [0.05, 0.1) is 54.0 Å². The van der Waals surface area contributed by atoms with Crippen molar-refractivity contribution in [2.24, 2.45) is 11.3 Å². The maximum absolute atomic E-state index is 14.5. The molecule has 4 amide bonds. The number of aromatic nitrogens is 3. The molecular formula is C44H58N8O7S. The number of carbonyl (C=O) groups is 4. The molecule has 6 bridgehead atoms. The van der Waals surface area contributed by atoms with E-state index in [1.807, 2.05) is 32.2 Å². The first kappa shape index (κ1) is 43.2. The van der Waals surface area contributed by atoms with Crippen LogP contribution in [-0.4, -0.2) is 123 Å². The van der Waals surface area contributed by atoms with E-state index in [1.165, 1.54) is 26.1 Å². The highest BCUT2D eigenvalue weighted by molar-refractivity contribution is 7.10. The molecular weight excluding hydrogens is 785 g/mol. The minimum absolute atomic E-state index is 0.0861. The number of rotatable bonds is 8. The number of β-amino-alcohol motifs (C(OH)–C–C–N with tert-alkyl or cyclic N) is 1. The first-order valence-corrected chi connectivity index (χ1v) is 21.8. The van der Waals surface area contributed by atoms with Crippen molar-refractivity contribution in [2.75, 3.05) is 40.4 Å². The number of likely N-dealkylation sites (tertiary alicyclic amines) is 1. The molecule has 1 aromatic carbocycles. The van der Waals surface area contributed by atoms with E-state index in [9.17, 15) is 24.3 Å². The van der Waals surface area contributed by atoms with E-state index < -0.39 is 47.4 Å². The number of hydrogen-bond acceptors (Lipinski definition) is 11. The Balaban J connectivity index is 1.30. The molecule has 322 valence electrons. The minimum Gasteiger partial charge on any atom is -0.464 e. The number of urea groups is 1. The van der Waals surface area contributed by atoms with Crippen molar-refractivity contribution in [1.29, 1.82) is 0 Å². The molecule has 3 aromatic heterocycles. The molecule has 60 heavy (non-hydrogen) atoms. The third-order valence-electron chi connectivity index (χ3n) is 11.9. The minimum atomic E-state index is -1.06. The number of hydrazine groups is 1. The van der Waals surface area contributed by atoms with Crippen LogP contribution in [-0.2, 0) is 43.2 Å². The Morgan fingerprint density at radius 3 is 2.65 bits per heavy atom. The van der Waals surface area contributed by atoms with E-state index in [0.717, 1.165) is 44.7 Å². The fourth-order valence-corrected chi connectivity index (χ4v) is 9.55. The van der Waals surface area contributed by atoms with Crippen molar-refractivity contribution in [3.05, 3.63) is 58.2 Å². The van der Waals surface area contributed by atoms with Crippen LogP contribution in [0.25, 0.3) is 33.4 Å². The molecule has 15 nitrogen and oxygen atoms in total. The summed E-state index contributed by atoms with van der Waals surface area (Å²) in [7, 11) is 3.25. The second-order valence-electron chi connectivity index (χ2n) is 17.4. The second-order valence-corrected chi connectivity index (χ2v) is 18.4. The van der Waals surface area contributed by atoms with Gasteiger partial charge in [0.15, 0.2) is 0 Å². The van der Waals surface area contributed by atoms with Crippen molar-refractivity contribution in [1.82, 2.24) is 40.1 Å². The number of aliphatic hydroxyl groups excluding tert-OH is 1. The Morgan fingerprint density at radius 1 is 1.18 bits per heavy atom. The Bertz CT molecular complexity index is 2250. The van der Waals surface area contributed by atoms with Crippen molar-refractivity contribution in [3.8, 4) is 22.5 Å². The lowest BCUT2D eigenvalue weighted by Crippen LogP contribution is -2.63. The Morgan fingerprint density at radius 2 is 1.95 bits per heavy atom. The Labute approximate surface area is 355 Å². The lowest BCUT2D eigenvalue weighted by Gasteiger charge is -2.41. The van der Waals surface area contributed by atoms with Gasteiger partial charge >= 0.3 is 12.0 Å². The standard InChI is InChI=1S/C44H58N8O7S/c1-9-51-35-15-14-27-18-30(35)31(39(51)29-12-10-16-45-37(29)26(4)58-8)20-44(5,6)24-59-42(56)32-13-11-17-52(48-32)41(55)33(19-36-46-34(27)23-60-36)47-40(54)38(25(2)3)49(7)43(57)50-21-28(53)22-50/h10,12,14-16,18,23,25-26,28,32-33,38,48,53H,9,11,13,17,19-22,24H2,1-8H3,(H,47,54)/t26-,32-,33-,38-/m0/s1. The number of pyridine rings is 1. The molecule has 4 atom stereocenters. The maximum Gasteiger partial charge on any atom is 0.324 e. The van der Waals surface area contributed by atoms with Crippen molar-refractivity contribution >= 4 is 46.1 Å². The van der Waals surface area contributed by atoms with Crippen molar-refractivity contribution in [3.63, 3.8) is 0 Å². The van der Waals surface area contributed by atoms with E-state index >= 15 is 0 Å². The first-order chi connectivity index (χ1) is 28.6. The van der Waals surface area contributed by atoms with Crippen LogP contribution in [0, 0.1) is 11.3 Å². The third-order valence-corrected chi connectivity index (χ3v) is 12.8. The van der Waals surface area contributed by atoms with Gasteiger partial charge in [-0.2, -0.15) is 0 Å². The largest absolute Gasteiger partial charge is 0.464 e. The number of amides is 4. The van der Waals surface area contributed by atoms with Gasteiger partial charge in [-0.1, -0.05) is 33.8 Å². The summed E-state index contributed by atoms with van der Waals surface area (Å²) in [5.74, 6) is -1.65. The van der Waals surface area contributed by atoms with Gasteiger partial charge in [0.25, 0.3) is 5.91 Å². The average molecular weight is 843 g/mol. The topological polar surface area (TPSA) is 171 Å². The number of aryl methyl sites for hydroxylation is 1. The Kier molecular flexibility index (Phi) is 12.7. The van der Waals surface area contributed by atoms with Gasteiger partial charge in [-0.15, -0.1) is 11.3 Å². The van der Waals surface area contributed by atoms with Gasteiger partial charge < -0.3 is 34.3 Å². The number of aliphatic hydroxyl groups is 1.